The fourth-order valence-electron chi connectivity index (χ4n) is 7.09. The highest BCUT2D eigenvalue weighted by atomic mass is 19.2. The van der Waals surface area contributed by atoms with Crippen molar-refractivity contribution in [3.05, 3.63) is 173 Å². The molecule has 0 bridgehead atoms. The van der Waals surface area contributed by atoms with E-state index in [0.29, 0.717) is 17.2 Å². The van der Waals surface area contributed by atoms with Crippen molar-refractivity contribution >= 4 is 28.6 Å². The third-order valence-electron chi connectivity index (χ3n) is 9.85. The number of hydrogen-bond donors (Lipinski definition) is 0. The fourth-order valence-corrected chi connectivity index (χ4v) is 7.09. The SMILES string of the molecule is Cc1cc(C)c(-c2ccnc(N(C)c3cc(Oc4cc(-c5cc(C(C)(C)C)ccn5)c(F)c(F)c4F)cc(N(c4ccccc4)c4ccccc4)c3)c2)c(C)c1. The number of nitrogens with zero attached hydrogens (tertiary/aromatic N) is 4. The van der Waals surface area contributed by atoms with E-state index in [0.717, 1.165) is 39.2 Å². The van der Waals surface area contributed by atoms with E-state index >= 15 is 13.2 Å². The van der Waals surface area contributed by atoms with Crippen LogP contribution >= 0.6 is 0 Å². The van der Waals surface area contributed by atoms with Crippen molar-refractivity contribution < 1.29 is 17.9 Å². The molecule has 0 fully saturated rings. The molecule has 0 radical (unpaired) electrons. The number of benzene rings is 5. The van der Waals surface area contributed by atoms with E-state index in [1.54, 1.807) is 24.4 Å². The van der Waals surface area contributed by atoms with Gasteiger partial charge in [-0.1, -0.05) is 74.9 Å². The highest BCUT2D eigenvalue weighted by Gasteiger charge is 2.25. The predicted molar refractivity (Wildman–Crippen MR) is 221 cm³/mol. The molecular weight excluding hydrogens is 706 g/mol. The van der Waals surface area contributed by atoms with E-state index in [1.807, 2.05) is 123 Å². The van der Waals surface area contributed by atoms with Crippen LogP contribution < -0.4 is 14.5 Å². The summed E-state index contributed by atoms with van der Waals surface area (Å²) in [6, 6.07) is 38.1. The zero-order chi connectivity index (χ0) is 39.7. The average molecular weight is 749 g/mol. The second-order valence-electron chi connectivity index (χ2n) is 15.1. The van der Waals surface area contributed by atoms with Gasteiger partial charge in [0.2, 0.25) is 5.82 Å². The molecule has 0 aliphatic carbocycles. The Bertz CT molecular complexity index is 2470. The van der Waals surface area contributed by atoms with Crippen molar-refractivity contribution in [1.29, 1.82) is 0 Å². The predicted octanol–water partition coefficient (Wildman–Crippen LogP) is 13.5. The smallest absolute Gasteiger partial charge is 0.204 e. The topological polar surface area (TPSA) is 41.5 Å². The Morgan fingerprint density at radius 1 is 0.589 bits per heavy atom. The highest BCUT2D eigenvalue weighted by Crippen LogP contribution is 2.42. The molecule has 5 nitrogen and oxygen atoms in total. The highest BCUT2D eigenvalue weighted by molar-refractivity contribution is 5.81. The molecule has 2 heterocycles. The second-order valence-corrected chi connectivity index (χ2v) is 15.1. The average Bonchev–Trinajstić information content (AvgIpc) is 3.18. The maximum absolute atomic E-state index is 15.7. The molecule has 0 amide bonds. The third kappa shape index (κ3) is 7.73. The first kappa shape index (κ1) is 37.9. The Morgan fingerprint density at radius 2 is 1.20 bits per heavy atom. The Labute approximate surface area is 326 Å². The summed E-state index contributed by atoms with van der Waals surface area (Å²) in [5.41, 5.74) is 9.24. The zero-order valence-corrected chi connectivity index (χ0v) is 32.5. The standard InChI is InChI=1S/C48H43F3N4O/c1-30-22-31(2)44(32(3)23-30)33-18-20-53-43(24-33)54(7)37-26-38(55(35-14-10-8-11-15-35)36-16-12-9-13-17-36)28-39(27-37)56-42-29-40(45(49)47(51)46(42)50)41-25-34(19-21-52-41)48(4,5)6/h8-29H,1-7H3. The fraction of sp³-hybridized carbons (Fsp3) is 0.167. The van der Waals surface area contributed by atoms with Crippen LogP contribution in [-0.2, 0) is 5.41 Å². The van der Waals surface area contributed by atoms with Gasteiger partial charge < -0.3 is 14.5 Å². The Kier molecular flexibility index (Phi) is 10.4. The summed E-state index contributed by atoms with van der Waals surface area (Å²) in [6.07, 6.45) is 3.32. The van der Waals surface area contributed by atoms with Crippen molar-refractivity contribution in [2.75, 3.05) is 16.8 Å². The molecule has 0 saturated carbocycles. The Balaban J connectivity index is 1.38. The van der Waals surface area contributed by atoms with Crippen LogP contribution in [0, 0.1) is 38.2 Å². The molecule has 0 spiro atoms. The molecule has 7 aromatic rings. The number of pyridine rings is 2. The number of anilines is 5. The van der Waals surface area contributed by atoms with Gasteiger partial charge in [0.25, 0.3) is 0 Å². The van der Waals surface area contributed by atoms with Crippen LogP contribution in [0.25, 0.3) is 22.4 Å². The van der Waals surface area contributed by atoms with Crippen LogP contribution in [0.5, 0.6) is 11.5 Å². The van der Waals surface area contributed by atoms with Crippen molar-refractivity contribution in [1.82, 2.24) is 9.97 Å². The molecule has 56 heavy (non-hydrogen) atoms. The Hall–Kier alpha value is -6.41. The third-order valence-corrected chi connectivity index (χ3v) is 9.85. The normalized spacial score (nSPS) is 11.4. The van der Waals surface area contributed by atoms with Gasteiger partial charge in [-0.25, -0.2) is 13.8 Å². The lowest BCUT2D eigenvalue weighted by atomic mass is 9.87. The van der Waals surface area contributed by atoms with Crippen molar-refractivity contribution in [2.24, 2.45) is 0 Å². The minimum absolute atomic E-state index is 0.164. The van der Waals surface area contributed by atoms with Gasteiger partial charge in [-0.05, 0) is 115 Å². The molecule has 0 N–H and O–H groups in total. The van der Waals surface area contributed by atoms with Gasteiger partial charge in [-0.3, -0.25) is 4.98 Å². The molecule has 5 aromatic carbocycles. The number of ether oxygens (including phenoxy) is 1. The van der Waals surface area contributed by atoms with E-state index in [9.17, 15) is 0 Å². The first-order valence-corrected chi connectivity index (χ1v) is 18.4. The minimum Gasteiger partial charge on any atom is -0.454 e. The summed E-state index contributed by atoms with van der Waals surface area (Å²) < 4.78 is 52.9. The molecule has 0 saturated heterocycles. The summed E-state index contributed by atoms with van der Waals surface area (Å²) >= 11 is 0. The summed E-state index contributed by atoms with van der Waals surface area (Å²) in [5.74, 6) is -4.07. The molecule has 8 heteroatoms. The first-order valence-electron chi connectivity index (χ1n) is 18.4. The van der Waals surface area contributed by atoms with Crippen LogP contribution in [0.1, 0.15) is 43.0 Å². The van der Waals surface area contributed by atoms with Gasteiger partial charge in [0.1, 0.15) is 11.6 Å². The van der Waals surface area contributed by atoms with Crippen LogP contribution in [0.4, 0.5) is 41.7 Å². The van der Waals surface area contributed by atoms with Crippen molar-refractivity contribution in [3.63, 3.8) is 0 Å². The molecule has 7 rings (SSSR count). The molecule has 0 aliphatic rings. The lowest BCUT2D eigenvalue weighted by Gasteiger charge is -2.28. The number of halogens is 3. The van der Waals surface area contributed by atoms with Crippen LogP contribution in [0.15, 0.2) is 134 Å². The van der Waals surface area contributed by atoms with E-state index in [2.05, 4.69) is 37.9 Å². The zero-order valence-electron chi connectivity index (χ0n) is 32.5. The molecule has 0 atom stereocenters. The number of aryl methyl sites for hydroxylation is 3. The first-order chi connectivity index (χ1) is 26.8. The van der Waals surface area contributed by atoms with Crippen molar-refractivity contribution in [3.8, 4) is 33.9 Å². The number of hydrogen-bond acceptors (Lipinski definition) is 5. The van der Waals surface area contributed by atoms with Crippen LogP contribution in [0.2, 0.25) is 0 Å². The van der Waals surface area contributed by atoms with Gasteiger partial charge in [0.15, 0.2) is 17.4 Å². The monoisotopic (exact) mass is 748 g/mol. The van der Waals surface area contributed by atoms with Crippen LogP contribution in [0.3, 0.4) is 0 Å². The second kappa shape index (κ2) is 15.4. The van der Waals surface area contributed by atoms with Crippen molar-refractivity contribution in [2.45, 2.75) is 47.0 Å². The lowest BCUT2D eigenvalue weighted by molar-refractivity contribution is 0.395. The van der Waals surface area contributed by atoms with Gasteiger partial charge in [-0.2, -0.15) is 4.39 Å². The minimum atomic E-state index is -1.65. The maximum atomic E-state index is 15.7. The molecule has 0 unspecified atom stereocenters. The maximum Gasteiger partial charge on any atom is 0.204 e. The molecule has 282 valence electrons. The Morgan fingerprint density at radius 3 is 1.82 bits per heavy atom. The molecule has 2 aromatic heterocycles. The van der Waals surface area contributed by atoms with Gasteiger partial charge in [-0.15, -0.1) is 0 Å². The van der Waals surface area contributed by atoms with Crippen LogP contribution in [-0.4, -0.2) is 17.0 Å². The number of rotatable bonds is 9. The molecule has 0 aliphatic heterocycles. The number of para-hydroxylation sites is 2. The quantitative estimate of drug-likeness (QED) is 0.138. The summed E-state index contributed by atoms with van der Waals surface area (Å²) in [5, 5.41) is 0. The van der Waals surface area contributed by atoms with Gasteiger partial charge >= 0.3 is 0 Å². The summed E-state index contributed by atoms with van der Waals surface area (Å²) in [4.78, 5) is 13.0. The largest absolute Gasteiger partial charge is 0.454 e. The van der Waals surface area contributed by atoms with E-state index in [-0.39, 0.29) is 22.4 Å². The van der Waals surface area contributed by atoms with E-state index in [1.165, 1.54) is 17.8 Å². The lowest BCUT2D eigenvalue weighted by Crippen LogP contribution is -2.14. The van der Waals surface area contributed by atoms with E-state index in [4.69, 9.17) is 9.72 Å². The van der Waals surface area contributed by atoms with Gasteiger partial charge in [0, 0.05) is 54.2 Å². The van der Waals surface area contributed by atoms with Gasteiger partial charge in [0.05, 0.1) is 11.4 Å². The summed E-state index contributed by atoms with van der Waals surface area (Å²) in [7, 11) is 1.89. The van der Waals surface area contributed by atoms with E-state index < -0.39 is 23.2 Å². The number of aromatic nitrogens is 2. The molecular formula is C48H43F3N4O. The summed E-state index contributed by atoms with van der Waals surface area (Å²) in [6.45, 7) is 12.3.